The minimum Gasteiger partial charge on any atom is -0.493 e. The van der Waals surface area contributed by atoms with E-state index in [0.29, 0.717) is 17.1 Å². The second-order valence-corrected chi connectivity index (χ2v) is 2.68. The van der Waals surface area contributed by atoms with Gasteiger partial charge in [-0.15, -0.1) is 0 Å². The van der Waals surface area contributed by atoms with Crippen molar-refractivity contribution in [3.05, 3.63) is 23.8 Å². The van der Waals surface area contributed by atoms with E-state index >= 15 is 0 Å². The second kappa shape index (κ2) is 4.86. The van der Waals surface area contributed by atoms with E-state index in [1.807, 2.05) is 6.07 Å². The number of rotatable bonds is 4. The van der Waals surface area contributed by atoms with Crippen LogP contribution in [0, 0.1) is 11.3 Å². The molecule has 0 heterocycles. The molecular weight excluding hydrogens is 196 g/mol. The van der Waals surface area contributed by atoms with Crippen LogP contribution < -0.4 is 15.2 Å². The molecule has 1 amide bonds. The zero-order chi connectivity index (χ0) is 11.3. The summed E-state index contributed by atoms with van der Waals surface area (Å²) in [7, 11) is 1.44. The van der Waals surface area contributed by atoms with Gasteiger partial charge in [0.25, 0.3) is 0 Å². The van der Waals surface area contributed by atoms with Crippen molar-refractivity contribution in [2.45, 2.75) is 0 Å². The molecular formula is C10H10N2O3. The summed E-state index contributed by atoms with van der Waals surface area (Å²) < 4.78 is 10.1. The standard InChI is InChI=1S/C10H10N2O3/c1-14-9-6-7(10(12)13)2-3-8(9)15-5-4-11/h2-3,6H,5H2,1H3,(H2,12,13). The number of nitrogens with zero attached hydrogens (tertiary/aromatic N) is 1. The molecule has 1 aromatic rings. The summed E-state index contributed by atoms with van der Waals surface area (Å²) in [6, 6.07) is 6.35. The van der Waals surface area contributed by atoms with Gasteiger partial charge in [0, 0.05) is 5.56 Å². The first-order chi connectivity index (χ1) is 7.19. The molecule has 0 aliphatic heterocycles. The van der Waals surface area contributed by atoms with Crippen LogP contribution >= 0.6 is 0 Å². The Morgan fingerprint density at radius 3 is 2.80 bits per heavy atom. The van der Waals surface area contributed by atoms with Crippen molar-refractivity contribution in [3.8, 4) is 17.6 Å². The van der Waals surface area contributed by atoms with Gasteiger partial charge in [-0.25, -0.2) is 0 Å². The first kappa shape index (κ1) is 10.9. The SMILES string of the molecule is COc1cc(C(N)=O)ccc1OCC#N. The molecule has 0 radical (unpaired) electrons. The average molecular weight is 206 g/mol. The zero-order valence-corrected chi connectivity index (χ0v) is 8.19. The Morgan fingerprint density at radius 2 is 2.27 bits per heavy atom. The summed E-state index contributed by atoms with van der Waals surface area (Å²) in [6.07, 6.45) is 0. The highest BCUT2D eigenvalue weighted by Gasteiger charge is 2.08. The van der Waals surface area contributed by atoms with E-state index in [4.69, 9.17) is 20.5 Å². The summed E-state index contributed by atoms with van der Waals surface area (Å²) in [4.78, 5) is 10.9. The summed E-state index contributed by atoms with van der Waals surface area (Å²) in [6.45, 7) is -0.0771. The number of hydrogen-bond acceptors (Lipinski definition) is 4. The smallest absolute Gasteiger partial charge is 0.248 e. The molecule has 1 aromatic carbocycles. The van der Waals surface area contributed by atoms with E-state index in [2.05, 4.69) is 0 Å². The van der Waals surface area contributed by atoms with Crippen molar-refractivity contribution < 1.29 is 14.3 Å². The number of ether oxygens (including phenoxy) is 2. The predicted molar refractivity (Wildman–Crippen MR) is 52.6 cm³/mol. The van der Waals surface area contributed by atoms with Crippen LogP contribution in [0.4, 0.5) is 0 Å². The fraction of sp³-hybridized carbons (Fsp3) is 0.200. The van der Waals surface area contributed by atoms with Crippen molar-refractivity contribution in [1.82, 2.24) is 0 Å². The minimum absolute atomic E-state index is 0.0771. The molecule has 0 saturated carbocycles. The lowest BCUT2D eigenvalue weighted by molar-refractivity contribution is 0.1000. The third-order valence-electron chi connectivity index (χ3n) is 1.74. The van der Waals surface area contributed by atoms with Crippen molar-refractivity contribution in [2.75, 3.05) is 13.7 Å². The predicted octanol–water partition coefficient (Wildman–Crippen LogP) is 0.696. The highest BCUT2D eigenvalue weighted by molar-refractivity contribution is 5.93. The third kappa shape index (κ3) is 2.61. The van der Waals surface area contributed by atoms with Gasteiger partial charge in [-0.1, -0.05) is 0 Å². The Kier molecular flexibility index (Phi) is 3.52. The molecule has 0 aromatic heterocycles. The maximum atomic E-state index is 10.9. The van der Waals surface area contributed by atoms with Crippen LogP contribution in [0.15, 0.2) is 18.2 Å². The number of carbonyl (C=O) groups is 1. The van der Waals surface area contributed by atoms with Gasteiger partial charge in [0.05, 0.1) is 7.11 Å². The first-order valence-corrected chi connectivity index (χ1v) is 4.16. The Labute approximate surface area is 87.0 Å². The second-order valence-electron chi connectivity index (χ2n) is 2.68. The normalized spacial score (nSPS) is 9.07. The Morgan fingerprint density at radius 1 is 1.53 bits per heavy atom. The molecule has 5 nitrogen and oxygen atoms in total. The van der Waals surface area contributed by atoms with Crippen molar-refractivity contribution in [3.63, 3.8) is 0 Å². The largest absolute Gasteiger partial charge is 0.493 e. The number of hydrogen-bond donors (Lipinski definition) is 1. The van der Waals surface area contributed by atoms with Crippen LogP contribution in [0.5, 0.6) is 11.5 Å². The maximum absolute atomic E-state index is 10.9. The third-order valence-corrected chi connectivity index (χ3v) is 1.74. The number of primary amides is 1. The van der Waals surface area contributed by atoms with Crippen LogP contribution in [0.3, 0.4) is 0 Å². The minimum atomic E-state index is -0.542. The highest BCUT2D eigenvalue weighted by atomic mass is 16.5. The highest BCUT2D eigenvalue weighted by Crippen LogP contribution is 2.27. The van der Waals surface area contributed by atoms with Gasteiger partial charge in [0.1, 0.15) is 6.07 Å². The van der Waals surface area contributed by atoms with Crippen LogP contribution in [-0.2, 0) is 0 Å². The molecule has 2 N–H and O–H groups in total. The van der Waals surface area contributed by atoms with Gasteiger partial charge < -0.3 is 15.2 Å². The van der Waals surface area contributed by atoms with Crippen LogP contribution in [0.25, 0.3) is 0 Å². The Balaban J connectivity index is 2.99. The molecule has 0 fully saturated rings. The van der Waals surface area contributed by atoms with Crippen LogP contribution in [-0.4, -0.2) is 19.6 Å². The van der Waals surface area contributed by atoms with E-state index in [9.17, 15) is 4.79 Å². The van der Waals surface area contributed by atoms with Gasteiger partial charge in [0.15, 0.2) is 18.1 Å². The molecule has 0 spiro atoms. The van der Waals surface area contributed by atoms with E-state index in [0.717, 1.165) is 0 Å². The topological polar surface area (TPSA) is 85.3 Å². The molecule has 0 atom stereocenters. The molecule has 15 heavy (non-hydrogen) atoms. The van der Waals surface area contributed by atoms with E-state index < -0.39 is 5.91 Å². The van der Waals surface area contributed by atoms with E-state index in [-0.39, 0.29) is 6.61 Å². The van der Waals surface area contributed by atoms with Gasteiger partial charge in [-0.3, -0.25) is 4.79 Å². The lowest BCUT2D eigenvalue weighted by Gasteiger charge is -2.08. The summed E-state index contributed by atoms with van der Waals surface area (Å²) in [5.41, 5.74) is 5.43. The molecule has 1 rings (SSSR count). The summed E-state index contributed by atoms with van der Waals surface area (Å²) >= 11 is 0. The quantitative estimate of drug-likeness (QED) is 0.785. The van der Waals surface area contributed by atoms with Crippen molar-refractivity contribution in [1.29, 1.82) is 5.26 Å². The van der Waals surface area contributed by atoms with Crippen LogP contribution in [0.2, 0.25) is 0 Å². The molecule has 0 unspecified atom stereocenters. The number of methoxy groups -OCH3 is 1. The van der Waals surface area contributed by atoms with Crippen molar-refractivity contribution >= 4 is 5.91 Å². The fourth-order valence-electron chi connectivity index (χ4n) is 1.05. The van der Waals surface area contributed by atoms with Crippen LogP contribution in [0.1, 0.15) is 10.4 Å². The fourth-order valence-corrected chi connectivity index (χ4v) is 1.05. The lowest BCUT2D eigenvalue weighted by Crippen LogP contribution is -2.11. The van der Waals surface area contributed by atoms with Gasteiger partial charge in [-0.2, -0.15) is 5.26 Å². The maximum Gasteiger partial charge on any atom is 0.248 e. The summed E-state index contributed by atoms with van der Waals surface area (Å²) in [5.74, 6) is 0.241. The molecule has 0 aliphatic carbocycles. The number of benzene rings is 1. The number of nitrogens with two attached hydrogens (primary N) is 1. The van der Waals surface area contributed by atoms with Gasteiger partial charge in [0.2, 0.25) is 5.91 Å². The number of amides is 1. The molecule has 0 aliphatic rings. The van der Waals surface area contributed by atoms with Gasteiger partial charge >= 0.3 is 0 Å². The Bertz CT molecular complexity index is 410. The molecule has 0 bridgehead atoms. The summed E-state index contributed by atoms with van der Waals surface area (Å²) in [5, 5.41) is 8.34. The first-order valence-electron chi connectivity index (χ1n) is 4.16. The monoisotopic (exact) mass is 206 g/mol. The number of nitriles is 1. The van der Waals surface area contributed by atoms with E-state index in [1.165, 1.54) is 25.3 Å². The lowest BCUT2D eigenvalue weighted by atomic mass is 10.2. The molecule has 5 heteroatoms. The average Bonchev–Trinajstić information content (AvgIpc) is 2.25. The zero-order valence-electron chi connectivity index (χ0n) is 8.19. The number of carbonyl (C=O) groups excluding carboxylic acids is 1. The molecule has 78 valence electrons. The van der Waals surface area contributed by atoms with E-state index in [1.54, 1.807) is 0 Å². The van der Waals surface area contributed by atoms with Gasteiger partial charge in [-0.05, 0) is 18.2 Å². The van der Waals surface area contributed by atoms with Crippen molar-refractivity contribution in [2.24, 2.45) is 5.73 Å². The molecule has 0 saturated heterocycles. The Hall–Kier alpha value is -2.22.